The third-order valence-electron chi connectivity index (χ3n) is 3.54. The number of fused-ring (bicyclic) bond motifs is 1. The number of thiazole rings is 1. The van der Waals surface area contributed by atoms with Crippen LogP contribution in [0.15, 0.2) is 22.0 Å². The summed E-state index contributed by atoms with van der Waals surface area (Å²) in [5, 5.41) is 6.62. The minimum Gasteiger partial charge on any atom is -0.486 e. The van der Waals surface area contributed by atoms with Gasteiger partial charge in [0.05, 0.1) is 10.2 Å². The molecule has 110 valence electrons. The van der Waals surface area contributed by atoms with Crippen LogP contribution < -0.4 is 14.8 Å². The van der Waals surface area contributed by atoms with Crippen LogP contribution in [0, 0.1) is 0 Å². The highest BCUT2D eigenvalue weighted by Gasteiger charge is 2.21. The van der Waals surface area contributed by atoms with Crippen LogP contribution in [-0.2, 0) is 6.54 Å². The lowest BCUT2D eigenvalue weighted by Crippen LogP contribution is -2.15. The van der Waals surface area contributed by atoms with Gasteiger partial charge in [0.15, 0.2) is 11.5 Å². The summed E-state index contributed by atoms with van der Waals surface area (Å²) >= 11 is 5.22. The summed E-state index contributed by atoms with van der Waals surface area (Å²) in [6.07, 6.45) is 2.60. The van der Waals surface area contributed by atoms with Crippen molar-refractivity contribution in [3.63, 3.8) is 0 Å². The molecule has 1 aliphatic heterocycles. The predicted molar refractivity (Wildman–Crippen MR) is 86.1 cm³/mol. The van der Waals surface area contributed by atoms with Crippen LogP contribution in [0.2, 0.25) is 0 Å². The number of aromatic nitrogens is 1. The van der Waals surface area contributed by atoms with Crippen LogP contribution in [0.5, 0.6) is 11.5 Å². The summed E-state index contributed by atoms with van der Waals surface area (Å²) in [5.74, 6) is 1.58. The molecule has 4 rings (SSSR count). The second-order valence-corrected chi connectivity index (χ2v) is 6.99. The highest BCUT2D eigenvalue weighted by Crippen LogP contribution is 2.41. The lowest BCUT2D eigenvalue weighted by atomic mass is 10.2. The van der Waals surface area contributed by atoms with Gasteiger partial charge in [-0.1, -0.05) is 0 Å². The molecule has 1 aliphatic carbocycles. The number of nitrogens with one attached hydrogen (secondary N) is 1. The Morgan fingerprint density at radius 3 is 3.00 bits per heavy atom. The molecule has 1 fully saturated rings. The van der Waals surface area contributed by atoms with E-state index in [1.807, 2.05) is 12.1 Å². The lowest BCUT2D eigenvalue weighted by molar-refractivity contribution is 0.170. The van der Waals surface area contributed by atoms with Gasteiger partial charge < -0.3 is 14.8 Å². The molecule has 6 heteroatoms. The van der Waals surface area contributed by atoms with Gasteiger partial charge in [-0.05, 0) is 40.9 Å². The van der Waals surface area contributed by atoms with Gasteiger partial charge in [0.25, 0.3) is 0 Å². The van der Waals surface area contributed by atoms with E-state index < -0.39 is 0 Å². The Bertz CT molecular complexity index is 670. The minimum atomic E-state index is 0.595. The first-order valence-corrected chi connectivity index (χ1v) is 8.74. The number of rotatable bonds is 4. The zero-order valence-electron chi connectivity index (χ0n) is 11.4. The molecule has 2 aromatic rings. The van der Waals surface area contributed by atoms with Gasteiger partial charge in [-0.25, -0.2) is 4.98 Å². The largest absolute Gasteiger partial charge is 0.486 e. The molecule has 0 atom stereocenters. The van der Waals surface area contributed by atoms with Gasteiger partial charge in [0, 0.05) is 23.5 Å². The van der Waals surface area contributed by atoms with E-state index >= 15 is 0 Å². The van der Waals surface area contributed by atoms with Gasteiger partial charge in [0.1, 0.15) is 18.2 Å². The third kappa shape index (κ3) is 2.93. The van der Waals surface area contributed by atoms with Crippen LogP contribution in [0.3, 0.4) is 0 Å². The van der Waals surface area contributed by atoms with Crippen molar-refractivity contribution < 1.29 is 9.47 Å². The summed E-state index contributed by atoms with van der Waals surface area (Å²) < 4.78 is 12.2. The molecule has 0 amide bonds. The van der Waals surface area contributed by atoms with Crippen LogP contribution in [0.1, 0.15) is 18.5 Å². The fourth-order valence-corrected chi connectivity index (χ4v) is 3.66. The topological polar surface area (TPSA) is 43.4 Å². The Morgan fingerprint density at radius 2 is 2.14 bits per heavy atom. The van der Waals surface area contributed by atoms with E-state index in [2.05, 4.69) is 26.6 Å². The van der Waals surface area contributed by atoms with Gasteiger partial charge in [0.2, 0.25) is 0 Å². The number of halogens is 1. The molecule has 1 aromatic carbocycles. The molecular formula is C15H15BrN2O2S. The zero-order valence-corrected chi connectivity index (χ0v) is 13.8. The van der Waals surface area contributed by atoms with E-state index in [1.165, 1.54) is 12.8 Å². The van der Waals surface area contributed by atoms with Crippen molar-refractivity contribution in [2.24, 2.45) is 0 Å². The second kappa shape index (κ2) is 5.59. The predicted octanol–water partition coefficient (Wildman–Crippen LogP) is 3.60. The molecule has 0 saturated heterocycles. The van der Waals surface area contributed by atoms with Crippen molar-refractivity contribution in [2.45, 2.75) is 25.4 Å². The summed E-state index contributed by atoms with van der Waals surface area (Å²) in [5.41, 5.74) is 2.17. The fraction of sp³-hybridized carbons (Fsp3) is 0.400. The highest BCUT2D eigenvalue weighted by atomic mass is 79.9. The molecule has 0 radical (unpaired) electrons. The van der Waals surface area contributed by atoms with E-state index in [9.17, 15) is 0 Å². The first-order chi connectivity index (χ1) is 10.3. The van der Waals surface area contributed by atoms with Gasteiger partial charge >= 0.3 is 0 Å². The van der Waals surface area contributed by atoms with Crippen LogP contribution >= 0.6 is 27.3 Å². The average molecular weight is 367 g/mol. The summed E-state index contributed by atoms with van der Waals surface area (Å²) in [7, 11) is 0. The number of benzene rings is 1. The molecule has 1 aromatic heterocycles. The molecule has 4 nitrogen and oxygen atoms in total. The van der Waals surface area contributed by atoms with Crippen LogP contribution in [-0.4, -0.2) is 24.2 Å². The van der Waals surface area contributed by atoms with Crippen molar-refractivity contribution in [1.82, 2.24) is 10.3 Å². The molecule has 2 aliphatic rings. The van der Waals surface area contributed by atoms with Crippen molar-refractivity contribution in [3.8, 4) is 22.1 Å². The summed E-state index contributed by atoms with van der Waals surface area (Å²) in [6.45, 7) is 2.05. The standard InChI is InChI=1S/C15H15BrN2O2S/c16-12-5-9(6-13-14(12)20-4-3-19-13)15-18-11(8-21-15)7-17-10-1-2-10/h5-6,8,10,17H,1-4,7H2. The number of hydrogen-bond acceptors (Lipinski definition) is 5. The fourth-order valence-electron chi connectivity index (χ4n) is 2.29. The van der Waals surface area contributed by atoms with Gasteiger partial charge in [-0.2, -0.15) is 0 Å². The van der Waals surface area contributed by atoms with Crippen molar-refractivity contribution >= 4 is 27.3 Å². The minimum absolute atomic E-state index is 0.595. The van der Waals surface area contributed by atoms with Crippen molar-refractivity contribution in [2.75, 3.05) is 13.2 Å². The molecule has 0 unspecified atom stereocenters. The van der Waals surface area contributed by atoms with E-state index in [0.29, 0.717) is 19.3 Å². The van der Waals surface area contributed by atoms with Gasteiger partial charge in [-0.15, -0.1) is 11.3 Å². The Morgan fingerprint density at radius 1 is 1.29 bits per heavy atom. The Hall–Kier alpha value is -1.11. The molecule has 0 spiro atoms. The maximum atomic E-state index is 5.67. The molecule has 0 bridgehead atoms. The summed E-state index contributed by atoms with van der Waals surface area (Å²) in [4.78, 5) is 4.71. The molecule has 21 heavy (non-hydrogen) atoms. The molecule has 1 N–H and O–H groups in total. The van der Waals surface area contributed by atoms with E-state index in [-0.39, 0.29) is 0 Å². The first-order valence-electron chi connectivity index (χ1n) is 7.07. The SMILES string of the molecule is Brc1cc(-c2nc(CNC3CC3)cs2)cc2c1OCCO2. The first kappa shape index (κ1) is 13.5. The maximum absolute atomic E-state index is 5.67. The highest BCUT2D eigenvalue weighted by molar-refractivity contribution is 9.10. The number of nitrogens with zero attached hydrogens (tertiary/aromatic N) is 1. The number of hydrogen-bond donors (Lipinski definition) is 1. The van der Waals surface area contributed by atoms with Crippen LogP contribution in [0.25, 0.3) is 10.6 Å². The van der Waals surface area contributed by atoms with Crippen molar-refractivity contribution in [3.05, 3.63) is 27.7 Å². The summed E-state index contributed by atoms with van der Waals surface area (Å²) in [6, 6.07) is 4.76. The molecule has 1 saturated carbocycles. The molecular weight excluding hydrogens is 352 g/mol. The Labute approximate surface area is 135 Å². The second-order valence-electron chi connectivity index (χ2n) is 5.28. The Kier molecular flexibility index (Phi) is 3.61. The number of ether oxygens (including phenoxy) is 2. The van der Waals surface area contributed by atoms with E-state index in [4.69, 9.17) is 14.5 Å². The zero-order chi connectivity index (χ0) is 14.2. The maximum Gasteiger partial charge on any atom is 0.175 e. The Balaban J connectivity index is 1.58. The smallest absolute Gasteiger partial charge is 0.175 e. The van der Waals surface area contributed by atoms with Crippen LogP contribution in [0.4, 0.5) is 0 Å². The quantitative estimate of drug-likeness (QED) is 0.897. The van der Waals surface area contributed by atoms with E-state index in [0.717, 1.165) is 38.8 Å². The molecule has 2 heterocycles. The average Bonchev–Trinajstić information content (AvgIpc) is 3.21. The lowest BCUT2D eigenvalue weighted by Gasteiger charge is -2.20. The normalized spacial score (nSPS) is 17.0. The van der Waals surface area contributed by atoms with Crippen molar-refractivity contribution in [1.29, 1.82) is 0 Å². The monoisotopic (exact) mass is 366 g/mol. The van der Waals surface area contributed by atoms with Gasteiger partial charge in [-0.3, -0.25) is 0 Å². The van der Waals surface area contributed by atoms with E-state index in [1.54, 1.807) is 11.3 Å². The third-order valence-corrected chi connectivity index (χ3v) is 5.07.